The van der Waals surface area contributed by atoms with Gasteiger partial charge in [-0.2, -0.15) is 0 Å². The smallest absolute Gasteiger partial charge is 0.152 e. The summed E-state index contributed by atoms with van der Waals surface area (Å²) < 4.78 is 0. The molecule has 0 saturated carbocycles. The number of hydrogen-bond acceptors (Lipinski definition) is 3. The van der Waals surface area contributed by atoms with Crippen LogP contribution in [0.3, 0.4) is 0 Å². The maximum atomic E-state index is 11.0. The molecule has 1 unspecified atom stereocenters. The molecule has 1 saturated heterocycles. The molecule has 0 bridgehead atoms. The molecule has 1 aliphatic rings. The number of anilines is 1. The number of para-hydroxylation sites is 1. The third kappa shape index (κ3) is 2.86. The van der Waals surface area contributed by atoms with Crippen molar-refractivity contribution in [2.75, 3.05) is 18.0 Å². The summed E-state index contributed by atoms with van der Waals surface area (Å²) in [5, 5.41) is 10.0. The van der Waals surface area contributed by atoms with Crippen molar-refractivity contribution in [1.82, 2.24) is 0 Å². The molecule has 3 nitrogen and oxygen atoms in total. The zero-order chi connectivity index (χ0) is 12.3. The molecule has 3 heteroatoms. The predicted molar refractivity (Wildman–Crippen MR) is 68.5 cm³/mol. The van der Waals surface area contributed by atoms with Gasteiger partial charge in [0, 0.05) is 24.3 Å². The van der Waals surface area contributed by atoms with Gasteiger partial charge in [0.2, 0.25) is 0 Å². The highest BCUT2D eigenvalue weighted by molar-refractivity contribution is 5.84. The molecule has 1 aliphatic heterocycles. The zero-order valence-electron chi connectivity index (χ0n) is 10.2. The van der Waals surface area contributed by atoms with Crippen LogP contribution in [-0.4, -0.2) is 30.1 Å². The summed E-state index contributed by atoms with van der Waals surface area (Å²) in [6, 6.07) is 7.64. The van der Waals surface area contributed by atoms with E-state index in [1.165, 1.54) is 0 Å². The molecule has 1 heterocycles. The van der Waals surface area contributed by atoms with Gasteiger partial charge in [-0.05, 0) is 38.3 Å². The average Bonchev–Trinajstić information content (AvgIpc) is 2.50. The monoisotopic (exact) mass is 233 g/mol. The number of benzene rings is 1. The number of hydrogen-bond donors (Lipinski definition) is 1. The van der Waals surface area contributed by atoms with Crippen molar-refractivity contribution in [3.8, 4) is 0 Å². The van der Waals surface area contributed by atoms with E-state index >= 15 is 0 Å². The minimum atomic E-state index is -0.565. The van der Waals surface area contributed by atoms with Gasteiger partial charge in [-0.25, -0.2) is 0 Å². The molecule has 0 aliphatic carbocycles. The number of carbonyl (C=O) groups excluding carboxylic acids is 1. The Bertz CT molecular complexity index is 401. The van der Waals surface area contributed by atoms with E-state index in [1.807, 2.05) is 31.2 Å². The lowest BCUT2D eigenvalue weighted by Gasteiger charge is -2.25. The fourth-order valence-corrected chi connectivity index (χ4v) is 2.38. The molecule has 17 heavy (non-hydrogen) atoms. The minimum Gasteiger partial charge on any atom is -0.390 e. The summed E-state index contributed by atoms with van der Waals surface area (Å²) >= 11 is 0. The van der Waals surface area contributed by atoms with E-state index in [0.717, 1.165) is 49.9 Å². The van der Waals surface area contributed by atoms with Gasteiger partial charge in [-0.15, -0.1) is 0 Å². The first kappa shape index (κ1) is 12.1. The molecule has 0 amide bonds. The number of aldehydes is 1. The van der Waals surface area contributed by atoms with Crippen LogP contribution in [0.5, 0.6) is 0 Å². The van der Waals surface area contributed by atoms with Crippen molar-refractivity contribution in [1.29, 1.82) is 0 Å². The summed E-state index contributed by atoms with van der Waals surface area (Å²) in [5.41, 5.74) is 1.15. The third-order valence-corrected chi connectivity index (χ3v) is 3.47. The first-order chi connectivity index (χ1) is 8.12. The Morgan fingerprint density at radius 1 is 1.29 bits per heavy atom. The second-order valence-electron chi connectivity index (χ2n) is 5.01. The topological polar surface area (TPSA) is 40.5 Å². The van der Waals surface area contributed by atoms with Gasteiger partial charge in [-0.3, -0.25) is 4.79 Å². The Labute approximate surface area is 102 Å². The highest BCUT2D eigenvalue weighted by atomic mass is 16.3. The molecule has 1 fully saturated rings. The maximum Gasteiger partial charge on any atom is 0.152 e. The van der Waals surface area contributed by atoms with Gasteiger partial charge in [0.05, 0.1) is 5.60 Å². The fourth-order valence-electron chi connectivity index (χ4n) is 2.38. The van der Waals surface area contributed by atoms with Gasteiger partial charge in [0.15, 0.2) is 6.29 Å². The Kier molecular flexibility index (Phi) is 3.48. The normalized spacial score (nSPS) is 25.4. The Morgan fingerprint density at radius 3 is 2.82 bits per heavy atom. The molecule has 2 rings (SSSR count). The maximum absolute atomic E-state index is 11.0. The van der Waals surface area contributed by atoms with Gasteiger partial charge in [-0.1, -0.05) is 12.1 Å². The Morgan fingerprint density at radius 2 is 2.06 bits per heavy atom. The van der Waals surface area contributed by atoms with Crippen molar-refractivity contribution in [3.63, 3.8) is 0 Å². The van der Waals surface area contributed by atoms with E-state index in [1.54, 1.807) is 0 Å². The highest BCUT2D eigenvalue weighted by Crippen LogP contribution is 2.26. The van der Waals surface area contributed by atoms with Crippen LogP contribution in [0.25, 0.3) is 0 Å². The van der Waals surface area contributed by atoms with E-state index in [2.05, 4.69) is 4.90 Å². The summed E-state index contributed by atoms with van der Waals surface area (Å²) in [7, 11) is 0. The lowest BCUT2D eigenvalue weighted by Crippen LogP contribution is -2.28. The summed E-state index contributed by atoms with van der Waals surface area (Å²) in [6.07, 6.45) is 3.44. The number of carbonyl (C=O) groups is 1. The first-order valence-electron chi connectivity index (χ1n) is 6.14. The van der Waals surface area contributed by atoms with Gasteiger partial charge in [0.25, 0.3) is 0 Å². The summed E-state index contributed by atoms with van der Waals surface area (Å²) in [5.74, 6) is 0. The largest absolute Gasteiger partial charge is 0.390 e. The predicted octanol–water partition coefficient (Wildman–Crippen LogP) is 2.24. The van der Waals surface area contributed by atoms with Crippen molar-refractivity contribution in [3.05, 3.63) is 29.8 Å². The molecule has 1 aromatic carbocycles. The van der Waals surface area contributed by atoms with Crippen molar-refractivity contribution in [2.45, 2.75) is 31.8 Å². The molecule has 1 atom stereocenters. The van der Waals surface area contributed by atoms with Gasteiger partial charge < -0.3 is 10.0 Å². The number of nitrogens with zero attached hydrogens (tertiary/aromatic N) is 1. The number of aliphatic hydroxyl groups is 1. The summed E-state index contributed by atoms with van der Waals surface area (Å²) in [6.45, 7) is 3.60. The SMILES string of the molecule is CC1(O)CCCN(c2ccccc2C=O)CC1. The quantitative estimate of drug-likeness (QED) is 0.796. The molecule has 92 valence electrons. The van der Waals surface area contributed by atoms with E-state index < -0.39 is 5.60 Å². The lowest BCUT2D eigenvalue weighted by molar-refractivity contribution is 0.0481. The van der Waals surface area contributed by atoms with Crippen molar-refractivity contribution in [2.24, 2.45) is 0 Å². The number of rotatable bonds is 2. The minimum absolute atomic E-state index is 0.565. The molecule has 1 aromatic rings. The van der Waals surface area contributed by atoms with E-state index in [0.29, 0.717) is 0 Å². The fraction of sp³-hybridized carbons (Fsp3) is 0.500. The second-order valence-corrected chi connectivity index (χ2v) is 5.01. The third-order valence-electron chi connectivity index (χ3n) is 3.47. The van der Waals surface area contributed by atoms with Crippen molar-refractivity contribution >= 4 is 12.0 Å². The van der Waals surface area contributed by atoms with Crippen LogP contribution in [0.1, 0.15) is 36.5 Å². The standard InChI is InChI=1S/C14H19NO2/c1-14(17)7-4-9-15(10-8-14)13-6-3-2-5-12(13)11-16/h2-3,5-6,11,17H,4,7-10H2,1H3. The molecule has 0 aromatic heterocycles. The molecule has 1 N–H and O–H groups in total. The van der Waals surface area contributed by atoms with Crippen LogP contribution in [-0.2, 0) is 0 Å². The zero-order valence-corrected chi connectivity index (χ0v) is 10.2. The highest BCUT2D eigenvalue weighted by Gasteiger charge is 2.25. The van der Waals surface area contributed by atoms with Crippen LogP contribution >= 0.6 is 0 Å². The van der Waals surface area contributed by atoms with Crippen LogP contribution in [0.15, 0.2) is 24.3 Å². The lowest BCUT2D eigenvalue weighted by atomic mass is 9.98. The van der Waals surface area contributed by atoms with Crippen LogP contribution < -0.4 is 4.90 Å². The molecular weight excluding hydrogens is 214 g/mol. The van der Waals surface area contributed by atoms with Gasteiger partial charge in [0.1, 0.15) is 0 Å². The van der Waals surface area contributed by atoms with Crippen LogP contribution in [0, 0.1) is 0 Å². The molecule has 0 spiro atoms. The van der Waals surface area contributed by atoms with Gasteiger partial charge >= 0.3 is 0 Å². The van der Waals surface area contributed by atoms with E-state index in [4.69, 9.17) is 0 Å². The van der Waals surface area contributed by atoms with Crippen LogP contribution in [0.2, 0.25) is 0 Å². The van der Waals surface area contributed by atoms with E-state index in [9.17, 15) is 9.90 Å². The second kappa shape index (κ2) is 4.88. The molecular formula is C14H19NO2. The Balaban J connectivity index is 2.19. The first-order valence-corrected chi connectivity index (χ1v) is 6.14. The molecule has 0 radical (unpaired) electrons. The summed E-state index contributed by atoms with van der Waals surface area (Å²) in [4.78, 5) is 13.2. The Hall–Kier alpha value is -1.35. The van der Waals surface area contributed by atoms with E-state index in [-0.39, 0.29) is 0 Å². The average molecular weight is 233 g/mol. The van der Waals surface area contributed by atoms with Crippen LogP contribution in [0.4, 0.5) is 5.69 Å². The van der Waals surface area contributed by atoms with Crippen molar-refractivity contribution < 1.29 is 9.90 Å².